The first-order valence-electron chi connectivity index (χ1n) is 9.36. The molecule has 150 valence electrons. The summed E-state index contributed by atoms with van der Waals surface area (Å²) in [6, 6.07) is 18.8. The second-order valence-corrected chi connectivity index (χ2v) is 6.63. The molecule has 6 nitrogen and oxygen atoms in total. The number of ether oxygens (including phenoxy) is 2. The molecule has 0 saturated carbocycles. The summed E-state index contributed by atoms with van der Waals surface area (Å²) in [5, 5.41) is 4.78. The number of nitrogens with one attached hydrogen (secondary N) is 1. The van der Waals surface area contributed by atoms with Gasteiger partial charge in [-0.05, 0) is 59.7 Å². The highest BCUT2D eigenvalue weighted by Crippen LogP contribution is 2.23. The van der Waals surface area contributed by atoms with Gasteiger partial charge in [-0.1, -0.05) is 24.3 Å². The van der Waals surface area contributed by atoms with Crippen LogP contribution in [0.25, 0.3) is 10.8 Å². The second kappa shape index (κ2) is 9.10. The van der Waals surface area contributed by atoms with Gasteiger partial charge in [-0.2, -0.15) is 0 Å². The van der Waals surface area contributed by atoms with E-state index in [2.05, 4.69) is 11.4 Å². The molecule has 0 bridgehead atoms. The van der Waals surface area contributed by atoms with Crippen LogP contribution in [0.1, 0.15) is 22.8 Å². The Morgan fingerprint density at radius 3 is 2.52 bits per heavy atom. The van der Waals surface area contributed by atoms with Crippen molar-refractivity contribution in [3.63, 3.8) is 0 Å². The van der Waals surface area contributed by atoms with Crippen molar-refractivity contribution >= 4 is 28.5 Å². The molecule has 3 aromatic rings. The van der Waals surface area contributed by atoms with Crippen LogP contribution in [0.5, 0.6) is 5.75 Å². The summed E-state index contributed by atoms with van der Waals surface area (Å²) in [5.41, 5.74) is 2.04. The van der Waals surface area contributed by atoms with Gasteiger partial charge in [0.05, 0.1) is 13.7 Å². The van der Waals surface area contributed by atoms with Crippen LogP contribution in [0.3, 0.4) is 0 Å². The SMILES string of the molecule is CCOC(=O)Nc1cccc(C(=O)N(C)Cc2ccc3cc(OC)ccc3c2)c1. The maximum atomic E-state index is 12.8. The molecular weight excluding hydrogens is 368 g/mol. The number of carbonyl (C=O) groups excluding carboxylic acids is 2. The molecule has 2 amide bonds. The third kappa shape index (κ3) is 5.04. The predicted molar refractivity (Wildman–Crippen MR) is 113 cm³/mol. The fraction of sp³-hybridized carbons (Fsp3) is 0.217. The van der Waals surface area contributed by atoms with Crippen LogP contribution in [-0.4, -0.2) is 37.7 Å². The van der Waals surface area contributed by atoms with Crippen molar-refractivity contribution in [1.82, 2.24) is 4.90 Å². The number of hydrogen-bond donors (Lipinski definition) is 1. The zero-order chi connectivity index (χ0) is 20.8. The average molecular weight is 392 g/mol. The Bertz CT molecular complexity index is 1030. The van der Waals surface area contributed by atoms with Crippen LogP contribution in [0.4, 0.5) is 10.5 Å². The average Bonchev–Trinajstić information content (AvgIpc) is 2.73. The van der Waals surface area contributed by atoms with Gasteiger partial charge >= 0.3 is 6.09 Å². The minimum Gasteiger partial charge on any atom is -0.497 e. The van der Waals surface area contributed by atoms with E-state index in [1.807, 2.05) is 30.3 Å². The van der Waals surface area contributed by atoms with Gasteiger partial charge in [0.1, 0.15) is 5.75 Å². The minimum absolute atomic E-state index is 0.132. The number of benzene rings is 3. The van der Waals surface area contributed by atoms with E-state index >= 15 is 0 Å². The standard InChI is InChI=1S/C23H24N2O4/c1-4-29-23(27)24-20-7-5-6-19(13-20)22(26)25(2)15-16-8-9-18-14-21(28-3)11-10-17(18)12-16/h5-14H,4,15H2,1-3H3,(H,24,27). The van der Waals surface area contributed by atoms with Crippen LogP contribution >= 0.6 is 0 Å². The number of anilines is 1. The van der Waals surface area contributed by atoms with Gasteiger partial charge in [0.2, 0.25) is 0 Å². The monoisotopic (exact) mass is 392 g/mol. The van der Waals surface area contributed by atoms with Crippen LogP contribution in [-0.2, 0) is 11.3 Å². The molecule has 0 radical (unpaired) electrons. The van der Waals surface area contributed by atoms with E-state index in [1.165, 1.54) is 0 Å². The van der Waals surface area contributed by atoms with Crippen LogP contribution in [0.2, 0.25) is 0 Å². The minimum atomic E-state index is -0.543. The normalized spacial score (nSPS) is 10.4. The Balaban J connectivity index is 1.72. The largest absolute Gasteiger partial charge is 0.497 e. The third-order valence-electron chi connectivity index (χ3n) is 4.51. The van der Waals surface area contributed by atoms with E-state index in [0.29, 0.717) is 17.8 Å². The molecule has 1 N–H and O–H groups in total. The van der Waals surface area contributed by atoms with Crippen molar-refractivity contribution in [2.45, 2.75) is 13.5 Å². The van der Waals surface area contributed by atoms with Gasteiger partial charge in [-0.3, -0.25) is 10.1 Å². The first-order valence-corrected chi connectivity index (χ1v) is 9.36. The highest BCUT2D eigenvalue weighted by molar-refractivity contribution is 5.96. The van der Waals surface area contributed by atoms with E-state index in [-0.39, 0.29) is 12.5 Å². The molecule has 0 aromatic heterocycles. The number of methoxy groups -OCH3 is 1. The fourth-order valence-corrected chi connectivity index (χ4v) is 3.08. The first-order chi connectivity index (χ1) is 14.0. The summed E-state index contributed by atoms with van der Waals surface area (Å²) in [5.74, 6) is 0.682. The summed E-state index contributed by atoms with van der Waals surface area (Å²) in [6.45, 7) is 2.49. The highest BCUT2D eigenvalue weighted by atomic mass is 16.5. The Labute approximate surface area is 170 Å². The lowest BCUT2D eigenvalue weighted by Crippen LogP contribution is -2.26. The Hall–Kier alpha value is -3.54. The summed E-state index contributed by atoms with van der Waals surface area (Å²) in [7, 11) is 3.40. The maximum Gasteiger partial charge on any atom is 0.411 e. The number of nitrogens with zero attached hydrogens (tertiary/aromatic N) is 1. The predicted octanol–water partition coefficient (Wildman–Crippen LogP) is 4.69. The van der Waals surface area contributed by atoms with Crippen molar-refractivity contribution in [2.75, 3.05) is 26.1 Å². The van der Waals surface area contributed by atoms with Gasteiger partial charge in [0.15, 0.2) is 0 Å². The molecule has 0 aliphatic rings. The summed E-state index contributed by atoms with van der Waals surface area (Å²) in [6.07, 6.45) is -0.543. The summed E-state index contributed by atoms with van der Waals surface area (Å²) >= 11 is 0. The maximum absolute atomic E-state index is 12.8. The molecule has 0 unspecified atom stereocenters. The lowest BCUT2D eigenvalue weighted by atomic mass is 10.1. The molecular formula is C23H24N2O4. The molecule has 29 heavy (non-hydrogen) atoms. The van der Waals surface area contributed by atoms with Crippen LogP contribution in [0.15, 0.2) is 60.7 Å². The molecule has 6 heteroatoms. The van der Waals surface area contributed by atoms with Crippen molar-refractivity contribution in [3.05, 3.63) is 71.8 Å². The van der Waals surface area contributed by atoms with Gasteiger partial charge in [0.25, 0.3) is 5.91 Å². The number of fused-ring (bicyclic) bond motifs is 1. The number of amides is 2. The van der Waals surface area contributed by atoms with Crippen molar-refractivity contribution in [3.8, 4) is 5.75 Å². The van der Waals surface area contributed by atoms with Gasteiger partial charge in [-0.15, -0.1) is 0 Å². The Morgan fingerprint density at radius 2 is 1.76 bits per heavy atom. The zero-order valence-electron chi connectivity index (χ0n) is 16.8. The van der Waals surface area contributed by atoms with Crippen LogP contribution < -0.4 is 10.1 Å². The van der Waals surface area contributed by atoms with Gasteiger partial charge in [-0.25, -0.2) is 4.79 Å². The van der Waals surface area contributed by atoms with E-state index in [9.17, 15) is 9.59 Å². The van der Waals surface area contributed by atoms with Crippen molar-refractivity contribution in [2.24, 2.45) is 0 Å². The molecule has 3 rings (SSSR count). The fourth-order valence-electron chi connectivity index (χ4n) is 3.08. The lowest BCUT2D eigenvalue weighted by Gasteiger charge is -2.18. The van der Waals surface area contributed by atoms with E-state index in [4.69, 9.17) is 9.47 Å². The molecule has 3 aromatic carbocycles. The number of carbonyl (C=O) groups is 2. The highest BCUT2D eigenvalue weighted by Gasteiger charge is 2.14. The van der Waals surface area contributed by atoms with E-state index in [0.717, 1.165) is 22.1 Å². The summed E-state index contributed by atoms with van der Waals surface area (Å²) in [4.78, 5) is 26.1. The zero-order valence-corrected chi connectivity index (χ0v) is 16.8. The molecule has 0 heterocycles. The van der Waals surface area contributed by atoms with Crippen molar-refractivity contribution < 1.29 is 19.1 Å². The van der Waals surface area contributed by atoms with Gasteiger partial charge in [0, 0.05) is 24.8 Å². The molecule has 0 fully saturated rings. The molecule has 0 aliphatic heterocycles. The molecule has 0 spiro atoms. The van der Waals surface area contributed by atoms with E-state index < -0.39 is 6.09 Å². The van der Waals surface area contributed by atoms with Crippen LogP contribution in [0, 0.1) is 0 Å². The quantitative estimate of drug-likeness (QED) is 0.661. The Kier molecular flexibility index (Phi) is 6.34. The lowest BCUT2D eigenvalue weighted by molar-refractivity contribution is 0.0785. The number of rotatable bonds is 6. The van der Waals surface area contributed by atoms with Gasteiger partial charge < -0.3 is 14.4 Å². The smallest absolute Gasteiger partial charge is 0.411 e. The molecule has 0 aliphatic carbocycles. The number of hydrogen-bond acceptors (Lipinski definition) is 4. The van der Waals surface area contributed by atoms with Crippen molar-refractivity contribution in [1.29, 1.82) is 0 Å². The third-order valence-corrected chi connectivity index (χ3v) is 4.51. The molecule has 0 saturated heterocycles. The topological polar surface area (TPSA) is 67.9 Å². The molecule has 0 atom stereocenters. The summed E-state index contributed by atoms with van der Waals surface area (Å²) < 4.78 is 10.1. The first kappa shape index (κ1) is 20.2. The Morgan fingerprint density at radius 1 is 1.00 bits per heavy atom. The second-order valence-electron chi connectivity index (χ2n) is 6.63. The van der Waals surface area contributed by atoms with E-state index in [1.54, 1.807) is 50.2 Å².